The van der Waals surface area contributed by atoms with E-state index in [0.717, 1.165) is 5.56 Å². The summed E-state index contributed by atoms with van der Waals surface area (Å²) in [6.07, 6.45) is 4.19. The topological polar surface area (TPSA) is 107 Å². The molecule has 7 nitrogen and oxygen atoms in total. The van der Waals surface area contributed by atoms with E-state index < -0.39 is 36.0 Å². The summed E-state index contributed by atoms with van der Waals surface area (Å²) in [6.45, 7) is 1.92. The number of carboxylic acid groups (broad SMARTS) is 2. The number of carbonyl (C=O) groups excluding carboxylic acids is 1. The molecule has 0 unspecified atom stereocenters. The van der Waals surface area contributed by atoms with Crippen molar-refractivity contribution < 1.29 is 24.6 Å². The van der Waals surface area contributed by atoms with Crippen molar-refractivity contribution in [2.24, 2.45) is 0 Å². The molecule has 1 aromatic rings. The number of aliphatic carboxylic acids is 2. The van der Waals surface area contributed by atoms with Gasteiger partial charge in [-0.1, -0.05) is 42.5 Å². The highest BCUT2D eigenvalue weighted by atomic mass is 16.4. The number of rotatable bonds is 7. The van der Waals surface area contributed by atoms with Crippen molar-refractivity contribution in [3.63, 3.8) is 0 Å². The molecular formula is C18H22N2O5. The van der Waals surface area contributed by atoms with Gasteiger partial charge in [0.25, 0.3) is 0 Å². The Hall–Kier alpha value is -2.67. The lowest BCUT2D eigenvalue weighted by Gasteiger charge is -2.26. The molecule has 0 saturated carbocycles. The number of hydrogen-bond acceptors (Lipinski definition) is 4. The van der Waals surface area contributed by atoms with E-state index in [0.29, 0.717) is 19.4 Å². The van der Waals surface area contributed by atoms with Gasteiger partial charge in [0.2, 0.25) is 5.91 Å². The highest BCUT2D eigenvalue weighted by Crippen LogP contribution is 2.18. The van der Waals surface area contributed by atoms with Gasteiger partial charge in [0.1, 0.15) is 12.1 Å². The van der Waals surface area contributed by atoms with Crippen LogP contribution in [0.3, 0.4) is 0 Å². The van der Waals surface area contributed by atoms with Crippen LogP contribution < -0.4 is 5.32 Å². The molecular weight excluding hydrogens is 324 g/mol. The molecule has 1 aliphatic heterocycles. The normalized spacial score (nSPS) is 19.7. The van der Waals surface area contributed by atoms with Crippen molar-refractivity contribution in [1.82, 2.24) is 10.2 Å². The molecule has 3 N–H and O–H groups in total. The first-order chi connectivity index (χ1) is 11.9. The van der Waals surface area contributed by atoms with Crippen molar-refractivity contribution in [2.45, 2.75) is 37.9 Å². The van der Waals surface area contributed by atoms with Gasteiger partial charge in [-0.2, -0.15) is 0 Å². The van der Waals surface area contributed by atoms with Crippen molar-refractivity contribution in [2.75, 3.05) is 6.54 Å². The maximum Gasteiger partial charge on any atom is 0.326 e. The first-order valence-electron chi connectivity index (χ1n) is 8.15. The third kappa shape index (κ3) is 4.90. The second-order valence-electron chi connectivity index (χ2n) is 6.00. The van der Waals surface area contributed by atoms with Crippen molar-refractivity contribution in [1.29, 1.82) is 0 Å². The molecule has 1 aromatic carbocycles. The van der Waals surface area contributed by atoms with Crippen LogP contribution in [-0.4, -0.2) is 57.6 Å². The Morgan fingerprint density at radius 3 is 2.52 bits per heavy atom. The number of benzene rings is 1. The van der Waals surface area contributed by atoms with E-state index in [9.17, 15) is 24.6 Å². The zero-order valence-corrected chi connectivity index (χ0v) is 14.0. The van der Waals surface area contributed by atoms with Crippen LogP contribution in [0, 0.1) is 0 Å². The second-order valence-corrected chi connectivity index (χ2v) is 6.00. The van der Waals surface area contributed by atoms with Gasteiger partial charge in [0, 0.05) is 6.54 Å². The average Bonchev–Trinajstić information content (AvgIpc) is 3.08. The minimum atomic E-state index is -1.11. The maximum absolute atomic E-state index is 12.5. The Labute approximate surface area is 145 Å². The SMILES string of the molecule is C[C@H](N[C@@H](/C=C/c1ccccc1)C(=O)O)C(=O)N1CCC[C@H]1C(=O)O. The minimum Gasteiger partial charge on any atom is -0.480 e. The van der Waals surface area contributed by atoms with Crippen LogP contribution in [0.5, 0.6) is 0 Å². The molecule has 25 heavy (non-hydrogen) atoms. The molecule has 134 valence electrons. The van der Waals surface area contributed by atoms with Gasteiger partial charge in [-0.15, -0.1) is 0 Å². The highest BCUT2D eigenvalue weighted by Gasteiger charge is 2.36. The van der Waals surface area contributed by atoms with Crippen LogP contribution in [0.15, 0.2) is 36.4 Å². The van der Waals surface area contributed by atoms with Gasteiger partial charge < -0.3 is 15.1 Å². The van der Waals surface area contributed by atoms with E-state index >= 15 is 0 Å². The van der Waals surface area contributed by atoms with Crippen molar-refractivity contribution in [3.05, 3.63) is 42.0 Å². The Morgan fingerprint density at radius 1 is 1.24 bits per heavy atom. The fourth-order valence-electron chi connectivity index (χ4n) is 2.86. The van der Waals surface area contributed by atoms with Gasteiger partial charge in [0.15, 0.2) is 0 Å². The fourth-order valence-corrected chi connectivity index (χ4v) is 2.86. The first-order valence-corrected chi connectivity index (χ1v) is 8.15. The molecule has 0 aliphatic carbocycles. The Bertz CT molecular complexity index is 659. The summed E-state index contributed by atoms with van der Waals surface area (Å²) in [5.74, 6) is -2.54. The molecule has 0 spiro atoms. The largest absolute Gasteiger partial charge is 0.480 e. The van der Waals surface area contributed by atoms with E-state index in [1.54, 1.807) is 13.0 Å². The Kier molecular flexibility index (Phi) is 6.30. The lowest BCUT2D eigenvalue weighted by atomic mass is 10.1. The van der Waals surface area contributed by atoms with E-state index in [4.69, 9.17) is 0 Å². The van der Waals surface area contributed by atoms with Gasteiger partial charge >= 0.3 is 11.9 Å². The van der Waals surface area contributed by atoms with Crippen LogP contribution >= 0.6 is 0 Å². The summed E-state index contributed by atoms with van der Waals surface area (Å²) in [6, 6.07) is 6.53. The Balaban J connectivity index is 2.03. The van der Waals surface area contributed by atoms with Gasteiger partial charge in [-0.3, -0.25) is 14.9 Å². The molecule has 0 radical (unpaired) electrons. The van der Waals surface area contributed by atoms with Gasteiger partial charge in [-0.05, 0) is 25.3 Å². The van der Waals surface area contributed by atoms with Crippen LogP contribution in [0.25, 0.3) is 6.08 Å². The molecule has 1 aliphatic rings. The van der Waals surface area contributed by atoms with Crippen molar-refractivity contribution >= 4 is 23.9 Å². The van der Waals surface area contributed by atoms with E-state index in [1.165, 1.54) is 11.0 Å². The number of likely N-dealkylation sites (tertiary alicyclic amines) is 1. The molecule has 0 aromatic heterocycles. The van der Waals surface area contributed by atoms with Crippen molar-refractivity contribution in [3.8, 4) is 0 Å². The molecule has 1 fully saturated rings. The number of carboxylic acids is 2. The number of amides is 1. The summed E-state index contributed by atoms with van der Waals surface area (Å²) in [7, 11) is 0. The van der Waals surface area contributed by atoms with E-state index in [2.05, 4.69) is 5.32 Å². The third-order valence-corrected chi connectivity index (χ3v) is 4.17. The number of nitrogens with one attached hydrogen (secondary N) is 1. The predicted molar refractivity (Wildman–Crippen MR) is 91.9 cm³/mol. The van der Waals surface area contributed by atoms with E-state index in [1.807, 2.05) is 30.3 Å². The summed E-state index contributed by atoms with van der Waals surface area (Å²) in [4.78, 5) is 36.4. The third-order valence-electron chi connectivity index (χ3n) is 4.17. The molecule has 1 saturated heterocycles. The smallest absolute Gasteiger partial charge is 0.326 e. The molecule has 3 atom stereocenters. The lowest BCUT2D eigenvalue weighted by molar-refractivity contribution is -0.149. The predicted octanol–water partition coefficient (Wildman–Crippen LogP) is 1.21. The minimum absolute atomic E-state index is 0.374. The number of nitrogens with zero attached hydrogens (tertiary/aromatic N) is 1. The summed E-state index contributed by atoms with van der Waals surface area (Å²) in [5.41, 5.74) is 0.847. The summed E-state index contributed by atoms with van der Waals surface area (Å²) < 4.78 is 0. The van der Waals surface area contributed by atoms with Gasteiger partial charge in [0.05, 0.1) is 6.04 Å². The zero-order valence-electron chi connectivity index (χ0n) is 14.0. The lowest BCUT2D eigenvalue weighted by Crippen LogP contribution is -2.52. The highest BCUT2D eigenvalue weighted by molar-refractivity contribution is 5.88. The molecule has 0 bridgehead atoms. The quantitative estimate of drug-likeness (QED) is 0.685. The van der Waals surface area contributed by atoms with Crippen LogP contribution in [0.4, 0.5) is 0 Å². The second kappa shape index (κ2) is 8.43. The molecule has 7 heteroatoms. The van der Waals surface area contributed by atoms with Crippen LogP contribution in [-0.2, 0) is 14.4 Å². The molecule has 2 rings (SSSR count). The fraction of sp³-hybridized carbons (Fsp3) is 0.389. The average molecular weight is 346 g/mol. The summed E-state index contributed by atoms with van der Waals surface area (Å²) in [5, 5.41) is 21.3. The molecule has 1 amide bonds. The zero-order chi connectivity index (χ0) is 18.4. The Morgan fingerprint density at radius 2 is 1.92 bits per heavy atom. The van der Waals surface area contributed by atoms with Gasteiger partial charge in [-0.25, -0.2) is 4.79 Å². The molecule has 1 heterocycles. The number of carbonyl (C=O) groups is 3. The van der Waals surface area contributed by atoms with Crippen LogP contribution in [0.1, 0.15) is 25.3 Å². The van der Waals surface area contributed by atoms with Crippen LogP contribution in [0.2, 0.25) is 0 Å². The first kappa shape index (κ1) is 18.7. The number of hydrogen-bond donors (Lipinski definition) is 3. The maximum atomic E-state index is 12.5. The standard InChI is InChI=1S/C18H22N2O5/c1-12(16(21)20-11-5-8-15(20)18(24)25)19-14(17(22)23)10-9-13-6-3-2-4-7-13/h2-4,6-7,9-10,12,14-15,19H,5,8,11H2,1H3,(H,22,23)(H,24,25)/b10-9+/t12-,14-,15-/m0/s1. The monoisotopic (exact) mass is 346 g/mol. The van der Waals surface area contributed by atoms with E-state index in [-0.39, 0.29) is 0 Å². The summed E-state index contributed by atoms with van der Waals surface area (Å²) >= 11 is 0.